The maximum Gasteiger partial charge on any atom is 0.268 e. The average Bonchev–Trinajstić information content (AvgIpc) is 3.36. The number of nitriles is 1. The van der Waals surface area contributed by atoms with Crippen LogP contribution in [0.5, 0.6) is 0 Å². The summed E-state index contributed by atoms with van der Waals surface area (Å²) in [4.78, 5) is 29.3. The first kappa shape index (κ1) is 21.5. The molecule has 2 aliphatic heterocycles. The lowest BCUT2D eigenvalue weighted by atomic mass is 10.0. The van der Waals surface area contributed by atoms with E-state index in [1.807, 2.05) is 6.07 Å². The second-order valence-electron chi connectivity index (χ2n) is 7.82. The standard InChI is InChI=1S/C25H17ClFN3O2S/c26-19-7-8-22-21(13-19)25(24(32)29(22)15-17-4-1-3-16(11-17)14-28)30(9-10-33-25)23(31)18-5-2-6-20(27)12-18/h1-8,11-13H,9-10,15H2. The highest BCUT2D eigenvalue weighted by Gasteiger charge is 2.59. The van der Waals surface area contributed by atoms with Crippen LogP contribution in [0.15, 0.2) is 66.7 Å². The van der Waals surface area contributed by atoms with Gasteiger partial charge in [0, 0.05) is 28.4 Å². The number of benzene rings is 3. The first-order valence-corrected chi connectivity index (χ1v) is 11.6. The topological polar surface area (TPSA) is 64.4 Å². The molecule has 0 N–H and O–H groups in total. The van der Waals surface area contributed by atoms with Crippen molar-refractivity contribution in [2.75, 3.05) is 17.2 Å². The van der Waals surface area contributed by atoms with Gasteiger partial charge in [0.1, 0.15) is 5.82 Å². The Kier molecular flexibility index (Phi) is 5.35. The minimum atomic E-state index is -1.28. The number of halogens is 2. The molecule has 0 bridgehead atoms. The van der Waals surface area contributed by atoms with Gasteiger partial charge in [0.15, 0.2) is 4.87 Å². The van der Waals surface area contributed by atoms with Crippen LogP contribution in [0.4, 0.5) is 10.1 Å². The minimum absolute atomic E-state index is 0.188. The summed E-state index contributed by atoms with van der Waals surface area (Å²) in [6, 6.07) is 19.9. The van der Waals surface area contributed by atoms with Crippen molar-refractivity contribution in [3.63, 3.8) is 0 Å². The normalized spacial score (nSPS) is 19.1. The van der Waals surface area contributed by atoms with Crippen molar-refractivity contribution in [1.29, 1.82) is 5.26 Å². The van der Waals surface area contributed by atoms with Crippen LogP contribution >= 0.6 is 23.4 Å². The van der Waals surface area contributed by atoms with Crippen molar-refractivity contribution < 1.29 is 14.0 Å². The number of nitrogens with zero attached hydrogens (tertiary/aromatic N) is 3. The molecule has 0 radical (unpaired) electrons. The number of fused-ring (bicyclic) bond motifs is 2. The maximum absolute atomic E-state index is 14.0. The van der Waals surface area contributed by atoms with Crippen LogP contribution < -0.4 is 4.90 Å². The zero-order valence-electron chi connectivity index (χ0n) is 17.3. The van der Waals surface area contributed by atoms with Gasteiger partial charge in [-0.15, -0.1) is 11.8 Å². The summed E-state index contributed by atoms with van der Waals surface area (Å²) >= 11 is 7.70. The molecule has 5 rings (SSSR count). The van der Waals surface area contributed by atoms with Gasteiger partial charge < -0.3 is 9.80 Å². The number of carbonyl (C=O) groups is 2. The highest BCUT2D eigenvalue weighted by molar-refractivity contribution is 8.01. The van der Waals surface area contributed by atoms with Crippen molar-refractivity contribution >= 4 is 40.9 Å². The lowest BCUT2D eigenvalue weighted by Crippen LogP contribution is -2.50. The molecule has 2 amide bonds. The Hall–Kier alpha value is -3.34. The molecule has 8 heteroatoms. The third-order valence-corrected chi connectivity index (χ3v) is 7.52. The summed E-state index contributed by atoms with van der Waals surface area (Å²) in [5.74, 6) is -0.625. The Bertz CT molecular complexity index is 1340. The summed E-state index contributed by atoms with van der Waals surface area (Å²) in [5.41, 5.74) is 2.80. The van der Waals surface area contributed by atoms with Gasteiger partial charge in [-0.05, 0) is 54.1 Å². The Morgan fingerprint density at radius 1 is 1.15 bits per heavy atom. The number of rotatable bonds is 3. The lowest BCUT2D eigenvalue weighted by Gasteiger charge is -2.33. The number of hydrogen-bond donors (Lipinski definition) is 0. The molecule has 1 saturated heterocycles. The SMILES string of the molecule is N#Cc1cccc(CN2C(=O)C3(SCCN3C(=O)c3cccc(F)c3)c3cc(Cl)ccc32)c1. The van der Waals surface area contributed by atoms with E-state index in [1.54, 1.807) is 47.4 Å². The number of anilines is 1. The fraction of sp³-hybridized carbons (Fsp3) is 0.160. The van der Waals surface area contributed by atoms with E-state index in [9.17, 15) is 19.2 Å². The quantitative estimate of drug-likeness (QED) is 0.536. The molecule has 1 fully saturated rings. The summed E-state index contributed by atoms with van der Waals surface area (Å²) in [7, 11) is 0. The number of carbonyl (C=O) groups excluding carboxylic acids is 2. The van der Waals surface area contributed by atoms with E-state index >= 15 is 0 Å². The lowest BCUT2D eigenvalue weighted by molar-refractivity contribution is -0.123. The molecule has 5 nitrogen and oxygen atoms in total. The fourth-order valence-corrected chi connectivity index (χ4v) is 6.07. The summed E-state index contributed by atoms with van der Waals surface area (Å²) in [6.45, 7) is 0.586. The first-order valence-electron chi connectivity index (χ1n) is 10.3. The van der Waals surface area contributed by atoms with Crippen molar-refractivity contribution in [2.24, 2.45) is 0 Å². The summed E-state index contributed by atoms with van der Waals surface area (Å²) < 4.78 is 13.8. The van der Waals surface area contributed by atoms with Crippen LogP contribution in [0, 0.1) is 17.1 Å². The zero-order valence-corrected chi connectivity index (χ0v) is 18.9. The molecule has 3 aromatic rings. The average molecular weight is 478 g/mol. The first-order chi connectivity index (χ1) is 15.9. The van der Waals surface area contributed by atoms with Crippen LogP contribution in [0.25, 0.3) is 0 Å². The number of hydrogen-bond acceptors (Lipinski definition) is 4. The van der Waals surface area contributed by atoms with E-state index in [1.165, 1.54) is 34.9 Å². The van der Waals surface area contributed by atoms with Crippen molar-refractivity contribution in [3.8, 4) is 6.07 Å². The van der Waals surface area contributed by atoms with Gasteiger partial charge in [-0.2, -0.15) is 5.26 Å². The molecule has 0 aromatic heterocycles. The smallest absolute Gasteiger partial charge is 0.268 e. The number of thioether (sulfide) groups is 1. The van der Waals surface area contributed by atoms with Crippen LogP contribution in [-0.4, -0.2) is 29.0 Å². The molecule has 1 atom stereocenters. The Morgan fingerprint density at radius 2 is 1.97 bits per heavy atom. The van der Waals surface area contributed by atoms with Gasteiger partial charge in [-0.3, -0.25) is 9.59 Å². The minimum Gasteiger partial charge on any atom is -0.311 e. The van der Waals surface area contributed by atoms with Crippen molar-refractivity contribution in [3.05, 3.63) is 99.8 Å². The molecule has 164 valence electrons. The zero-order chi connectivity index (χ0) is 23.2. The second-order valence-corrected chi connectivity index (χ2v) is 9.55. The van der Waals surface area contributed by atoms with E-state index in [2.05, 4.69) is 6.07 Å². The Balaban J connectivity index is 1.60. The molecule has 0 aliphatic carbocycles. The molecule has 33 heavy (non-hydrogen) atoms. The molecule has 0 saturated carbocycles. The fourth-order valence-electron chi connectivity index (χ4n) is 4.44. The highest BCUT2D eigenvalue weighted by atomic mass is 35.5. The highest BCUT2D eigenvalue weighted by Crippen LogP contribution is 2.55. The Morgan fingerprint density at radius 3 is 2.76 bits per heavy atom. The van der Waals surface area contributed by atoms with Gasteiger partial charge >= 0.3 is 0 Å². The van der Waals surface area contributed by atoms with Crippen molar-refractivity contribution in [1.82, 2.24) is 4.90 Å². The van der Waals surface area contributed by atoms with E-state index in [0.717, 1.165) is 5.56 Å². The molecule has 1 spiro atoms. The van der Waals surface area contributed by atoms with Crippen LogP contribution in [0.3, 0.4) is 0 Å². The van der Waals surface area contributed by atoms with Crippen molar-refractivity contribution in [2.45, 2.75) is 11.4 Å². The van der Waals surface area contributed by atoms with E-state index < -0.39 is 16.6 Å². The molecule has 2 heterocycles. The monoisotopic (exact) mass is 477 g/mol. The van der Waals surface area contributed by atoms with Crippen LogP contribution in [-0.2, 0) is 16.2 Å². The second kappa shape index (κ2) is 8.22. The van der Waals surface area contributed by atoms with Crippen LogP contribution in [0.1, 0.15) is 27.0 Å². The van der Waals surface area contributed by atoms with Gasteiger partial charge in [0.25, 0.3) is 11.8 Å². The van der Waals surface area contributed by atoms with E-state index in [-0.39, 0.29) is 18.0 Å². The largest absolute Gasteiger partial charge is 0.311 e. The third kappa shape index (κ3) is 3.47. The maximum atomic E-state index is 14.0. The molecular weight excluding hydrogens is 461 g/mol. The van der Waals surface area contributed by atoms with E-state index in [0.29, 0.717) is 34.1 Å². The van der Waals surface area contributed by atoms with Gasteiger partial charge in [0.05, 0.1) is 23.9 Å². The van der Waals surface area contributed by atoms with Gasteiger partial charge in [0.2, 0.25) is 0 Å². The Labute approximate surface area is 199 Å². The molecule has 3 aromatic carbocycles. The number of amides is 2. The third-order valence-electron chi connectivity index (χ3n) is 5.87. The van der Waals surface area contributed by atoms with Crippen LogP contribution in [0.2, 0.25) is 5.02 Å². The molecule has 2 aliphatic rings. The summed E-state index contributed by atoms with van der Waals surface area (Å²) in [5, 5.41) is 9.69. The molecular formula is C25H17ClFN3O2S. The predicted octanol–water partition coefficient (Wildman–Crippen LogP) is 4.94. The van der Waals surface area contributed by atoms with E-state index in [4.69, 9.17) is 11.6 Å². The van der Waals surface area contributed by atoms with Gasteiger partial charge in [-0.1, -0.05) is 29.8 Å². The molecule has 1 unspecified atom stereocenters. The van der Waals surface area contributed by atoms with Gasteiger partial charge in [-0.25, -0.2) is 4.39 Å². The summed E-state index contributed by atoms with van der Waals surface area (Å²) in [6.07, 6.45) is 0. The predicted molar refractivity (Wildman–Crippen MR) is 125 cm³/mol.